The van der Waals surface area contributed by atoms with Crippen LogP contribution in [-0.4, -0.2) is 180 Å². The highest BCUT2D eigenvalue weighted by Crippen LogP contribution is 2.59. The minimum atomic E-state index is -1.46. The topological polar surface area (TPSA) is 280 Å². The van der Waals surface area contributed by atoms with Crippen molar-refractivity contribution in [1.29, 1.82) is 0 Å². The van der Waals surface area contributed by atoms with Crippen LogP contribution in [-0.2, 0) is 41.4 Å². The van der Waals surface area contributed by atoms with E-state index in [-0.39, 0.29) is 199 Å². The zero-order valence-electron chi connectivity index (χ0n) is 66.8. The van der Waals surface area contributed by atoms with Crippen LogP contribution in [0.25, 0.3) is 43.1 Å². The van der Waals surface area contributed by atoms with Crippen LogP contribution >= 0.6 is 0 Å². The Morgan fingerprint density at radius 3 is 0.892 bits per heavy atom. The fourth-order valence-electron chi connectivity index (χ4n) is 17.7. The van der Waals surface area contributed by atoms with Gasteiger partial charge in [0, 0.05) is 105 Å². The Kier molecular flexibility index (Phi) is 21.5. The first-order valence-corrected chi connectivity index (χ1v) is 42.0. The van der Waals surface area contributed by atoms with Gasteiger partial charge in [0.15, 0.2) is 0 Å². The summed E-state index contributed by atoms with van der Waals surface area (Å²) in [7, 11) is 0. The highest BCUT2D eigenvalue weighted by atomic mass is 16.6. The molecule has 6 aliphatic heterocycles. The van der Waals surface area contributed by atoms with E-state index in [0.29, 0.717) is 86.5 Å². The van der Waals surface area contributed by atoms with E-state index in [1.807, 2.05) is 23.6 Å². The molecule has 6 amide bonds. The first-order valence-electron chi connectivity index (χ1n) is 42.0. The number of epoxide rings is 4. The predicted octanol–water partition coefficient (Wildman–Crippen LogP) is 17.0. The van der Waals surface area contributed by atoms with Crippen molar-refractivity contribution in [3.63, 3.8) is 0 Å². The van der Waals surface area contributed by atoms with Crippen molar-refractivity contribution in [2.45, 2.75) is 152 Å². The van der Waals surface area contributed by atoms with E-state index in [1.165, 1.54) is 24.3 Å². The van der Waals surface area contributed by atoms with Gasteiger partial charge >= 0.3 is 0 Å². The second kappa shape index (κ2) is 33.2. The summed E-state index contributed by atoms with van der Waals surface area (Å²) in [6, 6.07) is 43.8. The van der Waals surface area contributed by atoms with E-state index < -0.39 is 47.5 Å². The standard InChI is InChI=1S/C96H92N4O20/c1-3-35-97(57-15-7-5-8-16-57)95(107)77(37-55-27-31-59(101)32-28-55)99-91(103)73-43-79(117-65-23-11-19-61(39-65)109-47-69-51-113-69)85-87-81(119-67-25-13-21-63(41-67)111-49-71-53-115-71)45-75-84-76(94(106)100(93(75)105)78(38-56-29-33-60(102)34-30-56)96(108)98(36-4-2)58-17-9-6-10-18-58)46-82(120-68-26-14-22-64(42-68)112-50-72-54-116-72)88(90(84)87)86-80(44-74(92(99)104)83(73)89(85)86)118-66-24-12-20-62(40-66)110-48-70-52-114-70/h11-14,19-34,39-46,57-58,69-72,77-78,101-102H,3-10,15-18,35-38,47-54H2,1-2H3. The fourth-order valence-corrected chi connectivity index (χ4v) is 17.7. The smallest absolute Gasteiger partial charge is 0.262 e. The highest BCUT2D eigenvalue weighted by Gasteiger charge is 2.49. The average Bonchev–Trinajstić information content (AvgIpc) is 1.03. The van der Waals surface area contributed by atoms with E-state index in [1.54, 1.807) is 146 Å². The minimum absolute atomic E-state index is 0.000786. The van der Waals surface area contributed by atoms with Crippen molar-refractivity contribution in [2.24, 2.45) is 0 Å². The number of nitrogens with zero attached hydrogens (tertiary/aromatic N) is 4. The largest absolute Gasteiger partial charge is 0.508 e. The van der Waals surface area contributed by atoms with E-state index in [2.05, 4.69) is 0 Å². The molecule has 2 saturated carbocycles. The maximum Gasteiger partial charge on any atom is 0.262 e. The second-order valence-electron chi connectivity index (χ2n) is 32.4. The molecule has 0 spiro atoms. The number of hydrogen-bond donors (Lipinski definition) is 2. The molecule has 24 heteroatoms. The Bertz CT molecular complexity index is 5190. The number of benzene rings is 11. The van der Waals surface area contributed by atoms with Gasteiger partial charge in [-0.25, -0.2) is 0 Å². The van der Waals surface area contributed by atoms with E-state index >= 15 is 28.8 Å². The summed E-state index contributed by atoms with van der Waals surface area (Å²) in [5.74, 6) is -1.60. The number of carbonyl (C=O) groups is 6. The van der Waals surface area contributed by atoms with Crippen LogP contribution in [0.2, 0.25) is 0 Å². The number of imide groups is 2. The summed E-state index contributed by atoms with van der Waals surface area (Å²) >= 11 is 0. The zero-order valence-corrected chi connectivity index (χ0v) is 66.8. The van der Waals surface area contributed by atoms with Gasteiger partial charge in [-0.3, -0.25) is 38.6 Å². The lowest BCUT2D eigenvalue weighted by atomic mass is 9.80. The van der Waals surface area contributed by atoms with Gasteiger partial charge in [-0.1, -0.05) is 101 Å². The molecule has 2 aliphatic carbocycles. The van der Waals surface area contributed by atoms with Gasteiger partial charge in [0.2, 0.25) is 11.8 Å². The van der Waals surface area contributed by atoms with Crippen LogP contribution in [0.3, 0.4) is 0 Å². The molecule has 19 rings (SSSR count). The molecule has 0 aromatic heterocycles. The summed E-state index contributed by atoms with van der Waals surface area (Å²) < 4.78 is 77.6. The Labute approximate surface area is 692 Å². The van der Waals surface area contributed by atoms with Crippen molar-refractivity contribution in [2.75, 3.05) is 65.9 Å². The SMILES string of the molecule is CCCN(C(=O)C(Cc1ccc(O)cc1)N1C(=O)c2cc(Oc3cccc(OCC4CO4)c3)c3c4c(Oc5cccc(OCC6CO6)c5)cc5c6c(cc(Oc7cccc(OCC8CO8)c7)c(c7c(Oc8cccc(OCC9CO9)c8)cc(c2c37)C1=O)c64)C(=O)N(C(Cc1ccc(O)cc1)C(=O)N(CCC)C1CCCCC1)C5=O)C1CCCCC1. The molecule has 11 aromatic carbocycles. The Hall–Kier alpha value is -12.2. The molecule has 0 bridgehead atoms. The number of rotatable bonds is 34. The van der Waals surface area contributed by atoms with Crippen LogP contribution < -0.4 is 37.9 Å². The van der Waals surface area contributed by atoms with Gasteiger partial charge < -0.3 is 76.9 Å². The molecule has 11 aromatic rings. The molecule has 24 nitrogen and oxygen atoms in total. The highest BCUT2D eigenvalue weighted by molar-refractivity contribution is 6.45. The lowest BCUT2D eigenvalue weighted by Gasteiger charge is -2.40. The maximum atomic E-state index is 17.1. The number of carbonyl (C=O) groups excluding carboxylic acids is 6. The van der Waals surface area contributed by atoms with Gasteiger partial charge in [-0.15, -0.1) is 0 Å². The molecule has 6 unspecified atom stereocenters. The van der Waals surface area contributed by atoms with Gasteiger partial charge in [0.05, 0.1) is 48.7 Å². The molecule has 6 atom stereocenters. The van der Waals surface area contributed by atoms with Crippen LogP contribution in [0.4, 0.5) is 0 Å². The zero-order chi connectivity index (χ0) is 81.8. The molecule has 616 valence electrons. The van der Waals surface area contributed by atoms with Crippen molar-refractivity contribution in [1.82, 2.24) is 19.6 Å². The van der Waals surface area contributed by atoms with Gasteiger partial charge in [0.1, 0.15) is 143 Å². The summed E-state index contributed by atoms with van der Waals surface area (Å²) in [6.07, 6.45) is 8.91. The van der Waals surface area contributed by atoms with Crippen LogP contribution in [0, 0.1) is 0 Å². The lowest BCUT2D eigenvalue weighted by molar-refractivity contribution is -0.139. The van der Waals surface area contributed by atoms with Crippen LogP contribution in [0.5, 0.6) is 80.5 Å². The number of aromatic hydroxyl groups is 2. The monoisotopic (exact) mass is 1620 g/mol. The first kappa shape index (κ1) is 77.7. The van der Waals surface area contributed by atoms with Crippen LogP contribution in [0.1, 0.15) is 143 Å². The number of ether oxygens (including phenoxy) is 12. The van der Waals surface area contributed by atoms with E-state index in [4.69, 9.17) is 56.8 Å². The molecule has 120 heavy (non-hydrogen) atoms. The van der Waals surface area contributed by atoms with Crippen molar-refractivity contribution < 1.29 is 95.8 Å². The van der Waals surface area contributed by atoms with Gasteiger partial charge in [0.25, 0.3) is 23.6 Å². The van der Waals surface area contributed by atoms with E-state index in [0.717, 1.165) is 74.0 Å². The molecular formula is C96H92N4O20. The summed E-state index contributed by atoms with van der Waals surface area (Å²) in [5.41, 5.74) is 0.948. The maximum absolute atomic E-state index is 17.1. The van der Waals surface area contributed by atoms with Crippen molar-refractivity contribution in [3.8, 4) is 80.5 Å². The third-order valence-electron chi connectivity index (χ3n) is 23.9. The van der Waals surface area contributed by atoms with Crippen molar-refractivity contribution >= 4 is 78.5 Å². The molecule has 6 heterocycles. The molecule has 0 radical (unpaired) electrons. The predicted molar refractivity (Wildman–Crippen MR) is 445 cm³/mol. The number of phenolic OH excluding ortho intramolecular Hbond substituents is 2. The lowest BCUT2D eigenvalue weighted by Crippen LogP contribution is -2.57. The molecule has 8 aliphatic rings. The number of hydrogen-bond acceptors (Lipinski definition) is 20. The summed E-state index contributed by atoms with van der Waals surface area (Å²) in [4.78, 5) is 107. The Morgan fingerprint density at radius 2 is 0.633 bits per heavy atom. The summed E-state index contributed by atoms with van der Waals surface area (Å²) in [6.45, 7) is 7.78. The van der Waals surface area contributed by atoms with E-state index in [9.17, 15) is 10.2 Å². The Morgan fingerprint density at radius 1 is 0.367 bits per heavy atom. The molecule has 2 N–H and O–H groups in total. The number of phenols is 2. The second-order valence-corrected chi connectivity index (χ2v) is 32.4. The third kappa shape index (κ3) is 16.0. The van der Waals surface area contributed by atoms with Gasteiger partial charge in [-0.2, -0.15) is 0 Å². The van der Waals surface area contributed by atoms with Gasteiger partial charge in [-0.05, 0) is 147 Å². The number of amides is 6. The van der Waals surface area contributed by atoms with Crippen LogP contribution in [0.15, 0.2) is 170 Å². The summed E-state index contributed by atoms with van der Waals surface area (Å²) in [5, 5.41) is 22.9. The average molecular weight is 1620 g/mol. The minimum Gasteiger partial charge on any atom is -0.508 e. The number of fused-ring (bicyclic) bond motifs is 2. The fraction of sp³-hybridized carbons (Fsp3) is 0.354. The quantitative estimate of drug-likeness (QED) is 0.0164. The Balaban J connectivity index is 0.922. The third-order valence-corrected chi connectivity index (χ3v) is 23.9. The molecule has 4 saturated heterocycles. The normalized spacial score (nSPS) is 19.2. The molecule has 6 fully saturated rings. The molecular weight excluding hydrogens is 1530 g/mol. The first-order chi connectivity index (χ1) is 58.6. The van der Waals surface area contributed by atoms with Crippen molar-refractivity contribution in [3.05, 3.63) is 203 Å².